The van der Waals surface area contributed by atoms with Gasteiger partial charge in [0.15, 0.2) is 0 Å². The zero-order chi connectivity index (χ0) is 14.9. The first-order valence-corrected chi connectivity index (χ1v) is 9.42. The summed E-state index contributed by atoms with van der Waals surface area (Å²) in [5.41, 5.74) is 2.11. The van der Waals surface area contributed by atoms with E-state index in [-0.39, 0.29) is 0 Å². The first kappa shape index (κ1) is 14.4. The average Bonchev–Trinajstić information content (AvgIpc) is 2.53. The van der Waals surface area contributed by atoms with Crippen molar-refractivity contribution in [2.75, 3.05) is 6.16 Å². The predicted molar refractivity (Wildman–Crippen MR) is 88.7 cm³/mol. The molecule has 0 amide bonds. The molecule has 0 radical (unpaired) electrons. The maximum absolute atomic E-state index is 13.4. The van der Waals surface area contributed by atoms with Gasteiger partial charge in [-0.15, -0.1) is 0 Å². The van der Waals surface area contributed by atoms with Crippen LogP contribution in [0, 0.1) is 5.92 Å². The number of fused-ring (bicyclic) bond motifs is 3. The maximum Gasteiger partial charge on any atom is 0.277 e. The molecule has 2 aromatic carbocycles. The number of benzene rings is 2. The van der Waals surface area contributed by atoms with E-state index in [1.165, 1.54) is 0 Å². The van der Waals surface area contributed by atoms with Crippen LogP contribution in [0.25, 0.3) is 11.1 Å². The van der Waals surface area contributed by atoms with Gasteiger partial charge >= 0.3 is 0 Å². The van der Waals surface area contributed by atoms with E-state index in [0.29, 0.717) is 12.1 Å². The summed E-state index contributed by atoms with van der Waals surface area (Å²) in [4.78, 5) is 0. The molecule has 0 aromatic heterocycles. The van der Waals surface area contributed by atoms with Crippen LogP contribution in [0.15, 0.2) is 48.5 Å². The van der Waals surface area contributed by atoms with Crippen LogP contribution in [0.3, 0.4) is 0 Å². The van der Waals surface area contributed by atoms with Gasteiger partial charge in [0.25, 0.3) is 7.37 Å². The molecule has 0 saturated carbocycles. The van der Waals surface area contributed by atoms with Crippen LogP contribution in [0.1, 0.15) is 26.7 Å². The van der Waals surface area contributed by atoms with Gasteiger partial charge in [-0.25, -0.2) is 0 Å². The molecule has 21 heavy (non-hydrogen) atoms. The van der Waals surface area contributed by atoms with Crippen molar-refractivity contribution in [1.82, 2.24) is 0 Å². The summed E-state index contributed by atoms with van der Waals surface area (Å²) in [6, 6.07) is 15.8. The van der Waals surface area contributed by atoms with Crippen molar-refractivity contribution < 1.29 is 9.09 Å². The smallest absolute Gasteiger partial charge is 0.277 e. The third kappa shape index (κ3) is 2.65. The minimum Gasteiger partial charge on any atom is -0.439 e. The summed E-state index contributed by atoms with van der Waals surface area (Å²) < 4.78 is 19.4. The Morgan fingerprint density at radius 2 is 1.71 bits per heavy atom. The first-order valence-electron chi connectivity index (χ1n) is 7.61. The summed E-state index contributed by atoms with van der Waals surface area (Å²) in [5.74, 6) is 1.33. The van der Waals surface area contributed by atoms with E-state index in [0.717, 1.165) is 35.0 Å². The molecule has 0 spiro atoms. The SMILES string of the molecule is CCC(C)CCP1(=O)Oc2ccccc2-c2ccccc21. The molecule has 0 fully saturated rings. The Bertz CT molecular complexity index is 693. The molecule has 2 unspecified atom stereocenters. The second kappa shape index (κ2) is 5.69. The van der Waals surface area contributed by atoms with Gasteiger partial charge in [-0.1, -0.05) is 56.7 Å². The van der Waals surface area contributed by atoms with Crippen molar-refractivity contribution in [2.24, 2.45) is 5.92 Å². The molecule has 1 aliphatic rings. The molecule has 1 heterocycles. The fourth-order valence-electron chi connectivity index (χ4n) is 2.74. The fourth-order valence-corrected chi connectivity index (χ4v) is 5.30. The highest BCUT2D eigenvalue weighted by Crippen LogP contribution is 2.55. The standard InChI is InChI=1S/C18H21O2P/c1-3-14(2)12-13-21(19)18-11-7-5-9-16(18)15-8-4-6-10-17(15)20-21/h4-11,14H,3,12-13H2,1-2H3. The predicted octanol–water partition coefficient (Wildman–Crippen LogP) is 5.09. The van der Waals surface area contributed by atoms with Crippen molar-refractivity contribution in [3.05, 3.63) is 48.5 Å². The van der Waals surface area contributed by atoms with E-state index < -0.39 is 7.37 Å². The van der Waals surface area contributed by atoms with Crippen molar-refractivity contribution in [3.63, 3.8) is 0 Å². The maximum atomic E-state index is 13.4. The van der Waals surface area contributed by atoms with E-state index in [9.17, 15) is 4.57 Å². The van der Waals surface area contributed by atoms with E-state index in [2.05, 4.69) is 13.8 Å². The normalized spacial score (nSPS) is 21.0. The van der Waals surface area contributed by atoms with Crippen LogP contribution in [0.2, 0.25) is 0 Å². The zero-order valence-corrected chi connectivity index (χ0v) is 13.5. The molecular formula is C18H21O2P. The largest absolute Gasteiger partial charge is 0.439 e. The highest BCUT2D eigenvalue weighted by Gasteiger charge is 2.35. The molecule has 0 N–H and O–H groups in total. The molecule has 2 atom stereocenters. The van der Waals surface area contributed by atoms with Crippen LogP contribution in [0.5, 0.6) is 5.75 Å². The summed E-state index contributed by atoms with van der Waals surface area (Å²) in [6.45, 7) is 4.38. The highest BCUT2D eigenvalue weighted by atomic mass is 31.2. The molecule has 110 valence electrons. The zero-order valence-electron chi connectivity index (χ0n) is 12.6. The summed E-state index contributed by atoms with van der Waals surface area (Å²) in [7, 11) is -2.80. The first-order chi connectivity index (χ1) is 10.1. The molecule has 3 rings (SSSR count). The van der Waals surface area contributed by atoms with Crippen molar-refractivity contribution >= 4 is 12.7 Å². The third-order valence-electron chi connectivity index (χ3n) is 4.31. The van der Waals surface area contributed by atoms with E-state index in [1.807, 2.05) is 48.5 Å². The van der Waals surface area contributed by atoms with Gasteiger partial charge in [-0.2, -0.15) is 0 Å². The van der Waals surface area contributed by atoms with Crippen LogP contribution >= 0.6 is 7.37 Å². The molecule has 2 nitrogen and oxygen atoms in total. The lowest BCUT2D eigenvalue weighted by Crippen LogP contribution is -2.20. The average molecular weight is 300 g/mol. The Kier molecular flexibility index (Phi) is 3.91. The second-order valence-electron chi connectivity index (χ2n) is 5.80. The molecule has 2 aromatic rings. The second-order valence-corrected chi connectivity index (χ2v) is 8.26. The Morgan fingerprint density at radius 1 is 1.05 bits per heavy atom. The third-order valence-corrected chi connectivity index (χ3v) is 6.77. The van der Waals surface area contributed by atoms with Crippen LogP contribution in [-0.4, -0.2) is 6.16 Å². The van der Waals surface area contributed by atoms with E-state index >= 15 is 0 Å². The van der Waals surface area contributed by atoms with Crippen LogP contribution < -0.4 is 9.83 Å². The lowest BCUT2D eigenvalue weighted by atomic mass is 10.0. The Balaban J connectivity index is 2.03. The topological polar surface area (TPSA) is 26.3 Å². The molecular weight excluding hydrogens is 279 g/mol. The van der Waals surface area contributed by atoms with Gasteiger partial charge in [-0.3, -0.25) is 4.57 Å². The Labute approximate surface area is 126 Å². The quantitative estimate of drug-likeness (QED) is 0.735. The van der Waals surface area contributed by atoms with Gasteiger partial charge in [0.05, 0.1) is 5.30 Å². The van der Waals surface area contributed by atoms with Crippen LogP contribution in [-0.2, 0) is 4.57 Å². The number of hydrogen-bond acceptors (Lipinski definition) is 2. The van der Waals surface area contributed by atoms with Gasteiger partial charge < -0.3 is 4.52 Å². The minimum absolute atomic E-state index is 0.573. The van der Waals surface area contributed by atoms with E-state index in [1.54, 1.807) is 0 Å². The van der Waals surface area contributed by atoms with Gasteiger partial charge in [0, 0.05) is 11.7 Å². The molecule has 0 aliphatic carbocycles. The molecule has 1 aliphatic heterocycles. The van der Waals surface area contributed by atoms with Crippen molar-refractivity contribution in [3.8, 4) is 16.9 Å². The fraction of sp³-hybridized carbons (Fsp3) is 0.333. The summed E-state index contributed by atoms with van der Waals surface area (Å²) in [5, 5.41) is 0.881. The van der Waals surface area contributed by atoms with Crippen molar-refractivity contribution in [2.45, 2.75) is 26.7 Å². The van der Waals surface area contributed by atoms with E-state index in [4.69, 9.17) is 4.52 Å². The highest BCUT2D eigenvalue weighted by molar-refractivity contribution is 7.67. The lowest BCUT2D eigenvalue weighted by molar-refractivity contribution is 0.475. The summed E-state index contributed by atoms with van der Waals surface area (Å²) in [6.07, 6.45) is 2.66. The lowest BCUT2D eigenvalue weighted by Gasteiger charge is -2.29. The van der Waals surface area contributed by atoms with Crippen LogP contribution in [0.4, 0.5) is 0 Å². The minimum atomic E-state index is -2.80. The molecule has 0 bridgehead atoms. The van der Waals surface area contributed by atoms with Crippen molar-refractivity contribution in [1.29, 1.82) is 0 Å². The molecule has 0 saturated heterocycles. The van der Waals surface area contributed by atoms with Gasteiger partial charge in [-0.05, 0) is 30.0 Å². The Morgan fingerprint density at radius 3 is 2.48 bits per heavy atom. The van der Waals surface area contributed by atoms with Gasteiger partial charge in [0.1, 0.15) is 5.75 Å². The summed E-state index contributed by atoms with van der Waals surface area (Å²) >= 11 is 0. The number of rotatable bonds is 4. The number of hydrogen-bond donors (Lipinski definition) is 0. The Hall–Kier alpha value is -1.53. The monoisotopic (exact) mass is 300 g/mol. The number of para-hydroxylation sites is 1. The molecule has 3 heteroatoms. The van der Waals surface area contributed by atoms with Gasteiger partial charge in [0.2, 0.25) is 0 Å².